The van der Waals surface area contributed by atoms with Crippen molar-refractivity contribution in [3.8, 4) is 11.5 Å². The van der Waals surface area contributed by atoms with Crippen LogP contribution in [0.25, 0.3) is 6.08 Å². The molecule has 0 radical (unpaired) electrons. The molecule has 0 atom stereocenters. The van der Waals surface area contributed by atoms with Crippen molar-refractivity contribution in [3.63, 3.8) is 0 Å². The number of halogens is 2. The van der Waals surface area contributed by atoms with Gasteiger partial charge < -0.3 is 14.8 Å². The van der Waals surface area contributed by atoms with Gasteiger partial charge in [-0.25, -0.2) is 0 Å². The highest BCUT2D eigenvalue weighted by atomic mass is 35.5. The highest BCUT2D eigenvalue weighted by molar-refractivity contribution is 6.32. The fourth-order valence-electron chi connectivity index (χ4n) is 1.91. The summed E-state index contributed by atoms with van der Waals surface area (Å²) in [6.45, 7) is 0. The highest BCUT2D eigenvalue weighted by Crippen LogP contribution is 2.35. The summed E-state index contributed by atoms with van der Waals surface area (Å²) in [5.41, 5.74) is 1.20. The van der Waals surface area contributed by atoms with E-state index in [-0.39, 0.29) is 5.91 Å². The number of ether oxygens (including phenoxy) is 2. The predicted molar refractivity (Wildman–Crippen MR) is 93.7 cm³/mol. The minimum atomic E-state index is -0.329. The zero-order valence-electron chi connectivity index (χ0n) is 12.6. The van der Waals surface area contributed by atoms with Gasteiger partial charge >= 0.3 is 0 Å². The molecule has 1 N–H and O–H groups in total. The van der Waals surface area contributed by atoms with Gasteiger partial charge in [0, 0.05) is 17.2 Å². The Bertz CT molecular complexity index is 745. The summed E-state index contributed by atoms with van der Waals surface area (Å²) >= 11 is 12.1. The van der Waals surface area contributed by atoms with Crippen molar-refractivity contribution in [3.05, 3.63) is 58.1 Å². The van der Waals surface area contributed by atoms with Crippen LogP contribution in [0, 0.1) is 0 Å². The number of benzene rings is 2. The molecule has 0 saturated carbocycles. The van der Waals surface area contributed by atoms with Gasteiger partial charge in [0.15, 0.2) is 0 Å². The molecule has 4 nitrogen and oxygen atoms in total. The second-order valence-corrected chi connectivity index (χ2v) is 5.35. The second-order valence-electron chi connectivity index (χ2n) is 4.53. The van der Waals surface area contributed by atoms with Gasteiger partial charge in [0.25, 0.3) is 0 Å². The topological polar surface area (TPSA) is 47.6 Å². The highest BCUT2D eigenvalue weighted by Gasteiger charge is 2.11. The first-order valence-electron chi connectivity index (χ1n) is 6.70. The van der Waals surface area contributed by atoms with Crippen LogP contribution in [0.1, 0.15) is 5.56 Å². The van der Waals surface area contributed by atoms with Crippen molar-refractivity contribution in [2.24, 2.45) is 0 Å². The predicted octanol–water partition coefficient (Wildman–Crippen LogP) is 4.66. The first-order valence-corrected chi connectivity index (χ1v) is 7.46. The molecule has 0 fully saturated rings. The van der Waals surface area contributed by atoms with E-state index in [1.165, 1.54) is 20.3 Å². The number of carbonyl (C=O) groups is 1. The summed E-state index contributed by atoms with van der Waals surface area (Å²) in [7, 11) is 3.00. The second kappa shape index (κ2) is 7.90. The van der Waals surface area contributed by atoms with Gasteiger partial charge in [0.1, 0.15) is 11.5 Å². The molecule has 0 aliphatic carbocycles. The quantitative estimate of drug-likeness (QED) is 0.796. The Balaban J connectivity index is 2.17. The molecule has 2 rings (SSSR count). The van der Waals surface area contributed by atoms with E-state index in [0.29, 0.717) is 27.2 Å². The molecule has 0 aliphatic rings. The lowest BCUT2D eigenvalue weighted by atomic mass is 10.2. The van der Waals surface area contributed by atoms with Crippen LogP contribution in [0.15, 0.2) is 42.5 Å². The molecular formula is C17H15Cl2NO3. The number of amides is 1. The van der Waals surface area contributed by atoms with Gasteiger partial charge in [-0.15, -0.1) is 0 Å². The summed E-state index contributed by atoms with van der Waals surface area (Å²) in [6, 6.07) is 10.4. The number of carbonyl (C=O) groups excluding carboxylic acids is 1. The van der Waals surface area contributed by atoms with Gasteiger partial charge in [0.2, 0.25) is 5.91 Å². The average molecular weight is 352 g/mol. The minimum absolute atomic E-state index is 0.329. The smallest absolute Gasteiger partial charge is 0.248 e. The lowest BCUT2D eigenvalue weighted by Gasteiger charge is -2.12. The van der Waals surface area contributed by atoms with Gasteiger partial charge in [0.05, 0.1) is 24.9 Å². The molecule has 6 heteroatoms. The molecular weight excluding hydrogens is 337 g/mol. The number of methoxy groups -OCH3 is 2. The van der Waals surface area contributed by atoms with E-state index in [1.54, 1.807) is 24.3 Å². The van der Waals surface area contributed by atoms with Gasteiger partial charge in [-0.1, -0.05) is 41.4 Å². The van der Waals surface area contributed by atoms with Crippen LogP contribution in [-0.4, -0.2) is 20.1 Å². The molecule has 120 valence electrons. The van der Waals surface area contributed by atoms with Crippen LogP contribution < -0.4 is 14.8 Å². The lowest BCUT2D eigenvalue weighted by Crippen LogP contribution is -2.09. The van der Waals surface area contributed by atoms with Crippen molar-refractivity contribution >= 4 is 40.9 Å². The molecule has 0 saturated heterocycles. The summed E-state index contributed by atoms with van der Waals surface area (Å²) in [5.74, 6) is 0.586. The van der Waals surface area contributed by atoms with Gasteiger partial charge in [-0.3, -0.25) is 4.79 Å². The molecule has 0 unspecified atom stereocenters. The van der Waals surface area contributed by atoms with Gasteiger partial charge in [-0.2, -0.15) is 0 Å². The molecule has 23 heavy (non-hydrogen) atoms. The van der Waals surface area contributed by atoms with Crippen LogP contribution in [0.4, 0.5) is 5.69 Å². The summed E-state index contributed by atoms with van der Waals surface area (Å²) in [4.78, 5) is 12.1. The Labute approximate surface area is 144 Å². The summed E-state index contributed by atoms with van der Waals surface area (Å²) in [6.07, 6.45) is 3.02. The standard InChI is InChI=1S/C17H15Cl2NO3/c1-22-15-10-16(23-2)14(9-13(15)19)20-17(21)8-7-11-5-3-4-6-12(11)18/h3-10H,1-2H3,(H,20,21). The van der Waals surface area contributed by atoms with Crippen LogP contribution >= 0.6 is 23.2 Å². The van der Waals surface area contributed by atoms with E-state index in [0.717, 1.165) is 5.56 Å². The van der Waals surface area contributed by atoms with E-state index in [1.807, 2.05) is 18.2 Å². The zero-order chi connectivity index (χ0) is 16.8. The number of anilines is 1. The third-order valence-electron chi connectivity index (χ3n) is 3.05. The fourth-order valence-corrected chi connectivity index (χ4v) is 2.35. The molecule has 0 heterocycles. The molecule has 0 spiro atoms. The number of nitrogens with one attached hydrogen (secondary N) is 1. The molecule has 0 aliphatic heterocycles. The van der Waals surface area contributed by atoms with E-state index in [2.05, 4.69) is 5.32 Å². The Morgan fingerprint density at radius 2 is 1.74 bits per heavy atom. The maximum atomic E-state index is 12.1. The Hall–Kier alpha value is -2.17. The molecule has 0 aromatic heterocycles. The Morgan fingerprint density at radius 3 is 2.39 bits per heavy atom. The van der Waals surface area contributed by atoms with Crippen molar-refractivity contribution in [2.45, 2.75) is 0 Å². The zero-order valence-corrected chi connectivity index (χ0v) is 14.1. The normalized spacial score (nSPS) is 10.6. The van der Waals surface area contributed by atoms with Crippen LogP contribution in [-0.2, 0) is 4.79 Å². The van der Waals surface area contributed by atoms with Crippen molar-refractivity contribution < 1.29 is 14.3 Å². The van der Waals surface area contributed by atoms with Crippen LogP contribution in [0.3, 0.4) is 0 Å². The molecule has 2 aromatic carbocycles. The largest absolute Gasteiger partial charge is 0.495 e. The third kappa shape index (κ3) is 4.41. The van der Waals surface area contributed by atoms with Crippen LogP contribution in [0.2, 0.25) is 10.0 Å². The minimum Gasteiger partial charge on any atom is -0.495 e. The van der Waals surface area contributed by atoms with Gasteiger partial charge in [-0.05, 0) is 23.8 Å². The summed E-state index contributed by atoms with van der Waals surface area (Å²) in [5, 5.41) is 3.65. The Morgan fingerprint density at radius 1 is 1.04 bits per heavy atom. The lowest BCUT2D eigenvalue weighted by molar-refractivity contribution is -0.111. The average Bonchev–Trinajstić information content (AvgIpc) is 2.54. The van der Waals surface area contributed by atoms with Crippen LogP contribution in [0.5, 0.6) is 11.5 Å². The maximum absolute atomic E-state index is 12.1. The fraction of sp³-hybridized carbons (Fsp3) is 0.118. The molecule has 2 aromatic rings. The number of rotatable bonds is 5. The molecule has 0 bridgehead atoms. The first-order chi connectivity index (χ1) is 11.0. The SMILES string of the molecule is COc1cc(OC)c(NC(=O)C=Cc2ccccc2Cl)cc1Cl. The van der Waals surface area contributed by atoms with Crippen molar-refractivity contribution in [1.82, 2.24) is 0 Å². The first kappa shape index (κ1) is 17.2. The monoisotopic (exact) mass is 351 g/mol. The number of hydrogen-bond donors (Lipinski definition) is 1. The van der Waals surface area contributed by atoms with E-state index in [9.17, 15) is 4.79 Å². The Kier molecular flexibility index (Phi) is 5.90. The van der Waals surface area contributed by atoms with Crippen molar-refractivity contribution in [2.75, 3.05) is 19.5 Å². The van der Waals surface area contributed by atoms with E-state index in [4.69, 9.17) is 32.7 Å². The summed E-state index contributed by atoms with van der Waals surface area (Å²) < 4.78 is 10.3. The van der Waals surface area contributed by atoms with E-state index >= 15 is 0 Å². The maximum Gasteiger partial charge on any atom is 0.248 e. The van der Waals surface area contributed by atoms with E-state index < -0.39 is 0 Å². The third-order valence-corrected chi connectivity index (χ3v) is 3.69. The number of hydrogen-bond acceptors (Lipinski definition) is 3. The van der Waals surface area contributed by atoms with Crippen molar-refractivity contribution in [1.29, 1.82) is 0 Å². The molecule has 1 amide bonds.